The molecule has 0 atom stereocenters. The lowest BCUT2D eigenvalue weighted by Crippen LogP contribution is -2.31. The van der Waals surface area contributed by atoms with Gasteiger partial charge in [-0.3, -0.25) is 0 Å². The largest absolute Gasteiger partial charge is 0.416 e. The normalized spacial score (nSPS) is 13.1. The minimum Gasteiger partial charge on any atom is -0.416 e. The van der Waals surface area contributed by atoms with E-state index in [0.717, 1.165) is 66.8 Å². The molecule has 0 amide bonds. The molecule has 0 aliphatic heterocycles. The summed E-state index contributed by atoms with van der Waals surface area (Å²) in [5.41, 5.74) is 18.2. The van der Waals surface area contributed by atoms with Gasteiger partial charge in [0, 0.05) is 44.5 Å². The van der Waals surface area contributed by atoms with Crippen molar-refractivity contribution in [3.8, 4) is 91.6 Å². The molecule has 0 fully saturated rings. The first-order valence-corrected chi connectivity index (χ1v) is 35.4. The first kappa shape index (κ1) is 71.2. The van der Waals surface area contributed by atoms with Gasteiger partial charge >= 0.3 is 0 Å². The van der Waals surface area contributed by atoms with Gasteiger partial charge in [0.2, 0.25) is 47.1 Å². The summed E-state index contributed by atoms with van der Waals surface area (Å²) in [7, 11) is 0. The molecule has 4 aromatic heterocycles. The molecular formula is C89H100N8O4. The number of rotatable bonds is 12. The molecule has 0 saturated heterocycles. The van der Waals surface area contributed by atoms with Crippen molar-refractivity contribution in [1.82, 2.24) is 40.8 Å². The summed E-state index contributed by atoms with van der Waals surface area (Å²) < 4.78 is 26.7. The average Bonchev–Trinajstić information content (AvgIpc) is 1.15. The monoisotopic (exact) mass is 1340 g/mol. The maximum atomic E-state index is 6.67. The molecule has 0 bridgehead atoms. The maximum Gasteiger partial charge on any atom is 0.248 e. The van der Waals surface area contributed by atoms with Gasteiger partial charge in [0.15, 0.2) is 0 Å². The lowest BCUT2D eigenvalue weighted by Gasteiger charge is -2.37. The van der Waals surface area contributed by atoms with Crippen LogP contribution in [0.1, 0.15) is 233 Å². The number of benzene rings is 8. The molecule has 0 spiro atoms. The zero-order valence-corrected chi connectivity index (χ0v) is 63.9. The molecule has 101 heavy (non-hydrogen) atoms. The SMILES string of the molecule is CC(C)(C)c1cc(-c2nnc(-c3ccc(C(c4ccc(-c5nnc(-c6cc(C(C)(C)C)cc(C(C)(C)C)c6)o5)cc4)(c4ccc(-c5nnc(-c6cc(C(C)(C)C)cc(C(C)(C)C)c6)o5)cc4)c4ccc(-c5nnc(-c6cc(C(C)(C)C)cc(C(C)(C)C)c6)o5)cc4)cc3)o2)cc(C(C)(C)C)c1. The molecule has 0 aliphatic rings. The Morgan fingerprint density at radius 1 is 0.158 bits per heavy atom. The Morgan fingerprint density at radius 3 is 0.416 bits per heavy atom. The Morgan fingerprint density at radius 2 is 0.287 bits per heavy atom. The molecule has 4 heterocycles. The van der Waals surface area contributed by atoms with Gasteiger partial charge in [-0.05, 0) is 207 Å². The second-order valence-corrected chi connectivity index (χ2v) is 35.9. The lowest BCUT2D eigenvalue weighted by molar-refractivity contribution is 0.563. The molecule has 12 heteroatoms. The molecule has 0 saturated carbocycles. The molecule has 520 valence electrons. The van der Waals surface area contributed by atoms with Crippen LogP contribution in [0.4, 0.5) is 0 Å². The molecule has 0 unspecified atom stereocenters. The van der Waals surface area contributed by atoms with Crippen molar-refractivity contribution in [1.29, 1.82) is 0 Å². The zero-order valence-electron chi connectivity index (χ0n) is 63.9. The maximum absolute atomic E-state index is 6.67. The van der Waals surface area contributed by atoms with Gasteiger partial charge < -0.3 is 17.7 Å². The molecule has 12 rings (SSSR count). The minimum atomic E-state index is -1.02. The average molecular weight is 1350 g/mol. The van der Waals surface area contributed by atoms with Gasteiger partial charge in [-0.2, -0.15) is 0 Å². The van der Waals surface area contributed by atoms with E-state index in [1.54, 1.807) is 0 Å². The van der Waals surface area contributed by atoms with E-state index in [2.05, 4.69) is 336 Å². The van der Waals surface area contributed by atoms with Gasteiger partial charge in [-0.15, -0.1) is 40.8 Å². The Hall–Kier alpha value is -9.68. The van der Waals surface area contributed by atoms with Gasteiger partial charge in [0.25, 0.3) is 0 Å². The van der Waals surface area contributed by atoms with Crippen molar-refractivity contribution in [2.24, 2.45) is 0 Å². The molecule has 12 aromatic rings. The van der Waals surface area contributed by atoms with E-state index in [9.17, 15) is 0 Å². The van der Waals surface area contributed by atoms with E-state index in [1.165, 1.54) is 44.5 Å². The second kappa shape index (κ2) is 25.4. The smallest absolute Gasteiger partial charge is 0.248 e. The zero-order chi connectivity index (χ0) is 73.0. The summed E-state index contributed by atoms with van der Waals surface area (Å²) in [5, 5.41) is 37.6. The van der Waals surface area contributed by atoms with E-state index in [1.807, 2.05) is 0 Å². The van der Waals surface area contributed by atoms with Crippen molar-refractivity contribution >= 4 is 0 Å². The summed E-state index contributed by atoms with van der Waals surface area (Å²) in [6, 6.07) is 60.5. The van der Waals surface area contributed by atoms with Gasteiger partial charge in [-0.25, -0.2) is 0 Å². The van der Waals surface area contributed by atoms with Crippen molar-refractivity contribution in [3.05, 3.63) is 237 Å². The van der Waals surface area contributed by atoms with Crippen LogP contribution >= 0.6 is 0 Å². The predicted octanol–water partition coefficient (Wildman–Crippen LogP) is 23.3. The highest BCUT2D eigenvalue weighted by atomic mass is 16.4. The lowest BCUT2D eigenvalue weighted by atomic mass is 9.65. The van der Waals surface area contributed by atoms with Crippen LogP contribution in [-0.4, -0.2) is 40.8 Å². The van der Waals surface area contributed by atoms with Gasteiger partial charge in [0.05, 0.1) is 5.41 Å². The fraction of sp³-hybridized carbons (Fsp3) is 0.371. The molecule has 12 nitrogen and oxygen atoms in total. The predicted molar refractivity (Wildman–Crippen MR) is 409 cm³/mol. The summed E-state index contributed by atoms with van der Waals surface area (Å²) in [5.74, 6) is 3.46. The van der Waals surface area contributed by atoms with Crippen LogP contribution in [0, 0.1) is 0 Å². The third-order valence-corrected chi connectivity index (χ3v) is 19.6. The second-order valence-electron chi connectivity index (χ2n) is 35.9. The molecule has 0 N–H and O–H groups in total. The topological polar surface area (TPSA) is 156 Å². The summed E-state index contributed by atoms with van der Waals surface area (Å²) in [6.07, 6.45) is 0. The highest BCUT2D eigenvalue weighted by molar-refractivity contribution is 5.71. The van der Waals surface area contributed by atoms with Crippen molar-refractivity contribution < 1.29 is 17.7 Å². The Labute approximate surface area is 598 Å². The van der Waals surface area contributed by atoms with E-state index in [0.29, 0.717) is 47.1 Å². The highest BCUT2D eigenvalue weighted by Gasteiger charge is 2.40. The number of hydrogen-bond acceptors (Lipinski definition) is 12. The summed E-state index contributed by atoms with van der Waals surface area (Å²) >= 11 is 0. The Kier molecular flexibility index (Phi) is 17.9. The van der Waals surface area contributed by atoms with Crippen LogP contribution in [0.15, 0.2) is 188 Å². The van der Waals surface area contributed by atoms with E-state index in [4.69, 9.17) is 58.5 Å². The van der Waals surface area contributed by atoms with Crippen molar-refractivity contribution in [2.75, 3.05) is 0 Å². The first-order valence-electron chi connectivity index (χ1n) is 35.4. The number of nitrogens with zero attached hydrogens (tertiary/aromatic N) is 8. The van der Waals surface area contributed by atoms with Gasteiger partial charge in [-0.1, -0.05) is 239 Å². The Bertz CT molecular complexity index is 4220. The third-order valence-electron chi connectivity index (χ3n) is 19.6. The Balaban J connectivity index is 1.02. The van der Waals surface area contributed by atoms with Crippen molar-refractivity contribution in [2.45, 2.75) is 215 Å². The molecular weight excluding hydrogens is 1250 g/mol. The highest BCUT2D eigenvalue weighted by Crippen LogP contribution is 2.48. The third kappa shape index (κ3) is 14.8. The molecule has 0 aliphatic carbocycles. The quantitative estimate of drug-likeness (QED) is 0.107. The van der Waals surface area contributed by atoms with Crippen LogP contribution in [0.3, 0.4) is 0 Å². The first-order chi connectivity index (χ1) is 47.0. The number of aromatic nitrogens is 8. The van der Waals surface area contributed by atoms with Crippen LogP contribution in [0.5, 0.6) is 0 Å². The van der Waals surface area contributed by atoms with E-state index >= 15 is 0 Å². The van der Waals surface area contributed by atoms with Crippen molar-refractivity contribution in [3.63, 3.8) is 0 Å². The van der Waals surface area contributed by atoms with Crippen LogP contribution in [0.2, 0.25) is 0 Å². The molecule has 8 aromatic carbocycles. The van der Waals surface area contributed by atoms with E-state index in [-0.39, 0.29) is 43.3 Å². The molecule has 0 radical (unpaired) electrons. The summed E-state index contributed by atoms with van der Waals surface area (Å²) in [4.78, 5) is 0. The fourth-order valence-corrected chi connectivity index (χ4v) is 12.7. The van der Waals surface area contributed by atoms with E-state index < -0.39 is 5.41 Å². The van der Waals surface area contributed by atoms with Crippen LogP contribution in [-0.2, 0) is 48.7 Å². The van der Waals surface area contributed by atoms with Crippen LogP contribution in [0.25, 0.3) is 91.6 Å². The standard InChI is InChI=1S/C89H100N8O4/c1-81(2,3)65-41-57(42-66(49-65)82(4,5)6)77-94-90-73(98-77)53-25-33-61(34-26-53)89(62-35-27-54(28-36-62)74-91-95-78(99-74)58-43-67(83(7,8)9)50-68(44-58)84(10,11)12,63-37-29-55(30-38-63)75-92-96-79(100-75)59-45-69(85(13,14)15)51-70(46-59)86(16,17)18)64-39-31-56(32-40-64)76-93-97-80(101-76)60-47-71(87(19,20)21)52-72(48-60)88(22,23)24/h25-52H,1-24H3. The fourth-order valence-electron chi connectivity index (χ4n) is 12.7. The minimum absolute atomic E-state index is 0.104. The summed E-state index contributed by atoms with van der Waals surface area (Å²) in [6.45, 7) is 53.5. The number of hydrogen-bond donors (Lipinski definition) is 0. The van der Waals surface area contributed by atoms with Gasteiger partial charge in [0.1, 0.15) is 0 Å². The van der Waals surface area contributed by atoms with Crippen LogP contribution < -0.4 is 0 Å².